The van der Waals surface area contributed by atoms with Crippen molar-refractivity contribution in [3.05, 3.63) is 44.5 Å². The maximum Gasteiger partial charge on any atom is 0.490 e. The van der Waals surface area contributed by atoms with Crippen molar-refractivity contribution >= 4 is 5.97 Å². The largest absolute Gasteiger partial charge is 0.490 e. The SMILES string of the molecule is Cn1cc(CN2CCC3(C2)Cn2c(nn(C4CCCC4)c(=O)c2=O)CO3)cn1.O=C(O)C(F)(F)F. The standard InChI is InChI=1S/C19H26N6O3.C2HF3O2/c1-22-9-14(8-20-22)10-23-7-6-19(12-23)13-24-16(11-28-19)21-25(18(27)17(24)26)15-4-2-3-5-15;3-2(4,5)1(6)7/h8-9,15H,2-7,10-13H2,1H3;(H,6,7). The van der Waals surface area contributed by atoms with E-state index in [1.807, 2.05) is 19.4 Å². The Morgan fingerprint density at radius 3 is 2.51 bits per heavy atom. The predicted molar refractivity (Wildman–Crippen MR) is 115 cm³/mol. The van der Waals surface area contributed by atoms with Gasteiger partial charge in [0.1, 0.15) is 12.2 Å². The Balaban J connectivity index is 0.000000364. The van der Waals surface area contributed by atoms with Crippen LogP contribution in [0.25, 0.3) is 0 Å². The summed E-state index contributed by atoms with van der Waals surface area (Å²) in [6.07, 6.45) is 3.66. The molecule has 2 aliphatic heterocycles. The third kappa shape index (κ3) is 5.48. The predicted octanol–water partition coefficient (Wildman–Crippen LogP) is 1.06. The van der Waals surface area contributed by atoms with Crippen molar-refractivity contribution in [1.82, 2.24) is 29.0 Å². The second-order valence-corrected chi connectivity index (χ2v) is 9.25. The summed E-state index contributed by atoms with van der Waals surface area (Å²) in [6.45, 7) is 3.12. The number of ether oxygens (including phenoxy) is 1. The maximum atomic E-state index is 12.8. The highest BCUT2D eigenvalue weighted by molar-refractivity contribution is 5.73. The molecule has 0 aromatic carbocycles. The number of likely N-dealkylation sites (tertiary alicyclic amines) is 1. The first kappa shape index (κ1) is 25.1. The summed E-state index contributed by atoms with van der Waals surface area (Å²) in [5.74, 6) is -2.18. The normalized spacial score (nSPS) is 22.7. The molecule has 1 spiro atoms. The quantitative estimate of drug-likeness (QED) is 0.621. The molecule has 192 valence electrons. The van der Waals surface area contributed by atoms with Gasteiger partial charge in [-0.25, -0.2) is 9.48 Å². The Labute approximate surface area is 197 Å². The zero-order valence-corrected chi connectivity index (χ0v) is 19.2. The number of aryl methyl sites for hydroxylation is 1. The molecule has 1 saturated heterocycles. The third-order valence-corrected chi connectivity index (χ3v) is 6.60. The average molecular weight is 500 g/mol. The molecule has 1 unspecified atom stereocenters. The van der Waals surface area contributed by atoms with Crippen molar-refractivity contribution in [3.63, 3.8) is 0 Å². The molecule has 0 amide bonds. The maximum absolute atomic E-state index is 12.8. The van der Waals surface area contributed by atoms with E-state index < -0.39 is 28.9 Å². The third-order valence-electron chi connectivity index (χ3n) is 6.60. The number of aromatic nitrogens is 5. The Kier molecular flexibility index (Phi) is 6.86. The number of aliphatic carboxylic acids is 1. The van der Waals surface area contributed by atoms with Gasteiger partial charge in [-0.1, -0.05) is 12.8 Å². The molecule has 4 heterocycles. The van der Waals surface area contributed by atoms with Crippen LogP contribution in [0.5, 0.6) is 0 Å². The number of carbonyl (C=O) groups is 1. The lowest BCUT2D eigenvalue weighted by Gasteiger charge is -2.35. The summed E-state index contributed by atoms with van der Waals surface area (Å²) >= 11 is 0. The van der Waals surface area contributed by atoms with Gasteiger partial charge >= 0.3 is 23.3 Å². The van der Waals surface area contributed by atoms with Crippen LogP contribution in [-0.2, 0) is 36.3 Å². The molecule has 0 bridgehead atoms. The van der Waals surface area contributed by atoms with E-state index in [9.17, 15) is 22.8 Å². The molecule has 1 N–H and O–H groups in total. The lowest BCUT2D eigenvalue weighted by atomic mass is 10.0. The van der Waals surface area contributed by atoms with E-state index in [0.29, 0.717) is 12.4 Å². The Morgan fingerprint density at radius 2 is 1.91 bits per heavy atom. The molecule has 2 fully saturated rings. The van der Waals surface area contributed by atoms with Gasteiger partial charge in [0, 0.05) is 38.4 Å². The number of halogens is 3. The monoisotopic (exact) mass is 500 g/mol. The summed E-state index contributed by atoms with van der Waals surface area (Å²) < 4.78 is 42.8. The Bertz CT molecular complexity index is 1200. The van der Waals surface area contributed by atoms with Gasteiger partial charge in [-0.05, 0) is 19.3 Å². The number of carboxylic acid groups (broad SMARTS) is 1. The molecule has 1 atom stereocenters. The van der Waals surface area contributed by atoms with Gasteiger partial charge in [0.15, 0.2) is 5.82 Å². The van der Waals surface area contributed by atoms with Crippen molar-refractivity contribution in [1.29, 1.82) is 0 Å². The number of carboxylic acids is 1. The number of fused-ring (bicyclic) bond motifs is 1. The topological polar surface area (TPSA) is 124 Å². The molecule has 5 rings (SSSR count). The van der Waals surface area contributed by atoms with E-state index in [-0.39, 0.29) is 12.6 Å². The van der Waals surface area contributed by atoms with Crippen LogP contribution in [0.4, 0.5) is 13.2 Å². The van der Waals surface area contributed by atoms with Gasteiger partial charge in [-0.3, -0.25) is 23.7 Å². The minimum absolute atomic E-state index is 0.0587. The molecule has 14 heteroatoms. The fourth-order valence-electron chi connectivity index (χ4n) is 4.89. The van der Waals surface area contributed by atoms with Crippen LogP contribution in [0, 0.1) is 0 Å². The van der Waals surface area contributed by atoms with Gasteiger partial charge in [0.05, 0.1) is 18.8 Å². The highest BCUT2D eigenvalue weighted by Gasteiger charge is 2.43. The van der Waals surface area contributed by atoms with Gasteiger partial charge < -0.3 is 9.84 Å². The van der Waals surface area contributed by atoms with E-state index in [4.69, 9.17) is 14.6 Å². The van der Waals surface area contributed by atoms with Crippen LogP contribution < -0.4 is 11.1 Å². The highest BCUT2D eigenvalue weighted by Crippen LogP contribution is 2.32. The summed E-state index contributed by atoms with van der Waals surface area (Å²) in [6, 6.07) is 0.0587. The minimum atomic E-state index is -5.08. The smallest absolute Gasteiger partial charge is 0.475 e. The van der Waals surface area contributed by atoms with Crippen LogP contribution >= 0.6 is 0 Å². The van der Waals surface area contributed by atoms with Crippen LogP contribution in [-0.4, -0.2) is 65.0 Å². The molecular weight excluding hydrogens is 473 g/mol. The summed E-state index contributed by atoms with van der Waals surface area (Å²) in [5, 5.41) is 15.9. The van der Waals surface area contributed by atoms with E-state index in [0.717, 1.165) is 57.3 Å². The summed E-state index contributed by atoms with van der Waals surface area (Å²) in [4.78, 5) is 36.7. The van der Waals surface area contributed by atoms with Crippen LogP contribution in [0.3, 0.4) is 0 Å². The van der Waals surface area contributed by atoms with E-state index >= 15 is 0 Å². The first-order chi connectivity index (χ1) is 16.5. The molecule has 35 heavy (non-hydrogen) atoms. The number of hydrogen-bond acceptors (Lipinski definition) is 7. The van der Waals surface area contributed by atoms with E-state index in [2.05, 4.69) is 15.1 Å². The molecule has 2 aromatic heterocycles. The van der Waals surface area contributed by atoms with Crippen LogP contribution in [0.1, 0.15) is 49.5 Å². The molecule has 11 nitrogen and oxygen atoms in total. The number of hydrogen-bond donors (Lipinski definition) is 1. The molecular formula is C21H27F3N6O5. The first-order valence-corrected chi connectivity index (χ1v) is 11.3. The zero-order valence-electron chi connectivity index (χ0n) is 19.2. The number of nitrogens with zero attached hydrogens (tertiary/aromatic N) is 6. The second-order valence-electron chi connectivity index (χ2n) is 9.25. The van der Waals surface area contributed by atoms with Crippen molar-refractivity contribution in [2.24, 2.45) is 7.05 Å². The van der Waals surface area contributed by atoms with Crippen molar-refractivity contribution in [2.75, 3.05) is 13.1 Å². The lowest BCUT2D eigenvalue weighted by Crippen LogP contribution is -2.53. The second kappa shape index (κ2) is 9.57. The van der Waals surface area contributed by atoms with Gasteiger partial charge in [-0.15, -0.1) is 0 Å². The van der Waals surface area contributed by atoms with Crippen molar-refractivity contribution in [3.8, 4) is 0 Å². The average Bonchev–Trinajstić information content (AvgIpc) is 3.54. The first-order valence-electron chi connectivity index (χ1n) is 11.3. The minimum Gasteiger partial charge on any atom is -0.475 e. The highest BCUT2D eigenvalue weighted by atomic mass is 19.4. The Hall–Kier alpha value is -3.00. The van der Waals surface area contributed by atoms with E-state index in [1.165, 1.54) is 4.68 Å². The fraction of sp³-hybridized carbons (Fsp3) is 0.667. The van der Waals surface area contributed by atoms with E-state index in [1.54, 1.807) is 9.25 Å². The molecule has 0 radical (unpaired) electrons. The fourth-order valence-corrected chi connectivity index (χ4v) is 4.89. The van der Waals surface area contributed by atoms with Gasteiger partial charge in [0.2, 0.25) is 0 Å². The summed E-state index contributed by atoms with van der Waals surface area (Å²) in [7, 11) is 1.91. The molecule has 1 aliphatic carbocycles. The van der Waals surface area contributed by atoms with Crippen molar-refractivity contribution < 1.29 is 27.8 Å². The lowest BCUT2D eigenvalue weighted by molar-refractivity contribution is -0.192. The van der Waals surface area contributed by atoms with Crippen molar-refractivity contribution in [2.45, 2.75) is 69.6 Å². The molecule has 1 saturated carbocycles. The molecule has 2 aromatic rings. The van der Waals surface area contributed by atoms with Crippen LogP contribution in [0.15, 0.2) is 22.0 Å². The van der Waals surface area contributed by atoms with Gasteiger partial charge in [-0.2, -0.15) is 23.4 Å². The zero-order chi connectivity index (χ0) is 25.4. The van der Waals surface area contributed by atoms with Crippen LogP contribution in [0.2, 0.25) is 0 Å². The van der Waals surface area contributed by atoms with Gasteiger partial charge in [0.25, 0.3) is 0 Å². The molecule has 3 aliphatic rings. The number of rotatable bonds is 3. The Morgan fingerprint density at radius 1 is 1.23 bits per heavy atom. The number of alkyl halides is 3. The summed E-state index contributed by atoms with van der Waals surface area (Å²) in [5.41, 5.74) is -0.204.